The third-order valence-corrected chi connectivity index (χ3v) is 5.54. The van der Waals surface area contributed by atoms with E-state index in [0.717, 1.165) is 45.1 Å². The number of rotatable bonds is 7. The molecular formula is C17H33IN6S. The monoisotopic (exact) mass is 480 g/mol. The van der Waals surface area contributed by atoms with Gasteiger partial charge in [0.05, 0.1) is 5.01 Å². The minimum Gasteiger partial charge on any atom is -0.356 e. The van der Waals surface area contributed by atoms with E-state index in [-0.39, 0.29) is 24.0 Å². The molecule has 0 aromatic carbocycles. The lowest BCUT2D eigenvalue weighted by Crippen LogP contribution is -2.53. The van der Waals surface area contributed by atoms with Crippen molar-refractivity contribution in [1.82, 2.24) is 25.4 Å². The maximum absolute atomic E-state index is 4.39. The summed E-state index contributed by atoms with van der Waals surface area (Å²) in [5.41, 5.74) is 0. The minimum atomic E-state index is 0. The lowest BCUT2D eigenvalue weighted by molar-refractivity contribution is 0.107. The number of halogens is 1. The number of aryl methyl sites for hydroxylation is 1. The molecule has 0 spiro atoms. The molecular weight excluding hydrogens is 447 g/mol. The van der Waals surface area contributed by atoms with E-state index in [2.05, 4.69) is 51.2 Å². The molecule has 1 aliphatic rings. The molecule has 1 fully saturated rings. The van der Waals surface area contributed by atoms with Crippen molar-refractivity contribution in [2.24, 2.45) is 4.99 Å². The SMILES string of the molecule is CCN1CCN(C(C)CNC(=NC)NCCc2ncc(C)s2)CC1.I. The minimum absolute atomic E-state index is 0. The molecule has 1 saturated heterocycles. The van der Waals surface area contributed by atoms with Gasteiger partial charge in [-0.2, -0.15) is 0 Å². The van der Waals surface area contributed by atoms with E-state index in [1.165, 1.54) is 23.0 Å². The van der Waals surface area contributed by atoms with Crippen molar-refractivity contribution in [2.45, 2.75) is 33.2 Å². The third kappa shape index (κ3) is 7.76. The maximum Gasteiger partial charge on any atom is 0.191 e. The Kier molecular flexibility index (Phi) is 10.9. The van der Waals surface area contributed by atoms with Gasteiger partial charge in [0.1, 0.15) is 0 Å². The fourth-order valence-electron chi connectivity index (χ4n) is 2.92. The van der Waals surface area contributed by atoms with Gasteiger partial charge < -0.3 is 15.5 Å². The molecule has 1 atom stereocenters. The number of nitrogens with one attached hydrogen (secondary N) is 2. The van der Waals surface area contributed by atoms with Crippen LogP contribution in [0, 0.1) is 6.92 Å². The normalized spacial score (nSPS) is 17.8. The molecule has 0 saturated carbocycles. The molecule has 1 aromatic rings. The Morgan fingerprint density at radius 3 is 2.60 bits per heavy atom. The lowest BCUT2D eigenvalue weighted by atomic mass is 10.2. The first-order chi connectivity index (χ1) is 11.6. The van der Waals surface area contributed by atoms with Crippen molar-refractivity contribution in [1.29, 1.82) is 0 Å². The molecule has 2 rings (SSSR count). The van der Waals surface area contributed by atoms with Gasteiger partial charge in [0.2, 0.25) is 0 Å². The fraction of sp³-hybridized carbons (Fsp3) is 0.765. The van der Waals surface area contributed by atoms with Crippen LogP contribution in [0.5, 0.6) is 0 Å². The summed E-state index contributed by atoms with van der Waals surface area (Å²) in [6.45, 7) is 14.2. The lowest BCUT2D eigenvalue weighted by Gasteiger charge is -2.37. The number of piperazine rings is 1. The van der Waals surface area contributed by atoms with E-state index in [1.807, 2.05) is 13.2 Å². The van der Waals surface area contributed by atoms with E-state index in [4.69, 9.17) is 0 Å². The Labute approximate surface area is 173 Å². The highest BCUT2D eigenvalue weighted by atomic mass is 127. The average molecular weight is 480 g/mol. The first kappa shape index (κ1) is 22.6. The number of aliphatic imine (C=N–C) groups is 1. The summed E-state index contributed by atoms with van der Waals surface area (Å²) in [6.07, 6.45) is 2.88. The molecule has 25 heavy (non-hydrogen) atoms. The standard InChI is InChI=1S/C17H32N6S.HI/c1-5-22-8-10-23(11-9-22)14(2)12-21-17(18-4)19-7-6-16-20-13-15(3)24-16;/h13-14H,5-12H2,1-4H3,(H2,18,19,21);1H. The molecule has 0 amide bonds. The van der Waals surface area contributed by atoms with Crippen molar-refractivity contribution in [3.05, 3.63) is 16.1 Å². The molecule has 2 heterocycles. The Balaban J connectivity index is 0.00000312. The van der Waals surface area contributed by atoms with Gasteiger partial charge in [-0.15, -0.1) is 35.3 Å². The van der Waals surface area contributed by atoms with Crippen LogP contribution in [0.15, 0.2) is 11.2 Å². The zero-order chi connectivity index (χ0) is 17.4. The quantitative estimate of drug-likeness (QED) is 0.354. The van der Waals surface area contributed by atoms with Gasteiger partial charge in [-0.3, -0.25) is 9.89 Å². The predicted molar refractivity (Wildman–Crippen MR) is 118 cm³/mol. The van der Waals surface area contributed by atoms with Crippen LogP contribution < -0.4 is 10.6 Å². The zero-order valence-electron chi connectivity index (χ0n) is 15.9. The van der Waals surface area contributed by atoms with Gasteiger partial charge in [0.15, 0.2) is 5.96 Å². The summed E-state index contributed by atoms with van der Waals surface area (Å²) in [5.74, 6) is 0.877. The van der Waals surface area contributed by atoms with Crippen LogP contribution in [0.4, 0.5) is 0 Å². The van der Waals surface area contributed by atoms with Crippen LogP contribution >= 0.6 is 35.3 Å². The number of guanidine groups is 1. The van der Waals surface area contributed by atoms with Crippen LogP contribution in [0.1, 0.15) is 23.7 Å². The Hall–Kier alpha value is -0.450. The first-order valence-electron chi connectivity index (χ1n) is 8.94. The first-order valence-corrected chi connectivity index (χ1v) is 9.76. The molecule has 0 radical (unpaired) electrons. The van der Waals surface area contributed by atoms with Gasteiger partial charge in [-0.1, -0.05) is 6.92 Å². The summed E-state index contributed by atoms with van der Waals surface area (Å²) in [5, 5.41) is 8.01. The molecule has 8 heteroatoms. The Bertz CT molecular complexity index is 513. The molecule has 144 valence electrons. The van der Waals surface area contributed by atoms with Crippen molar-refractivity contribution in [2.75, 3.05) is 52.9 Å². The predicted octanol–water partition coefficient (Wildman–Crippen LogP) is 1.80. The smallest absolute Gasteiger partial charge is 0.191 e. The largest absolute Gasteiger partial charge is 0.356 e. The van der Waals surface area contributed by atoms with Crippen LogP contribution in [0.2, 0.25) is 0 Å². The number of likely N-dealkylation sites (N-methyl/N-ethyl adjacent to an activating group) is 1. The maximum atomic E-state index is 4.39. The number of hydrogen-bond donors (Lipinski definition) is 2. The Morgan fingerprint density at radius 1 is 1.32 bits per heavy atom. The van der Waals surface area contributed by atoms with Crippen LogP contribution in [-0.2, 0) is 6.42 Å². The molecule has 0 aliphatic carbocycles. The summed E-state index contributed by atoms with van der Waals surface area (Å²) < 4.78 is 0. The second kappa shape index (κ2) is 12.0. The van der Waals surface area contributed by atoms with Gasteiger partial charge in [0.25, 0.3) is 0 Å². The van der Waals surface area contributed by atoms with Crippen LogP contribution in [-0.4, -0.2) is 79.6 Å². The number of aromatic nitrogens is 1. The molecule has 1 unspecified atom stereocenters. The molecule has 0 bridgehead atoms. The molecule has 2 N–H and O–H groups in total. The van der Waals surface area contributed by atoms with Crippen molar-refractivity contribution < 1.29 is 0 Å². The highest BCUT2D eigenvalue weighted by Crippen LogP contribution is 2.10. The van der Waals surface area contributed by atoms with Gasteiger partial charge in [-0.05, 0) is 20.4 Å². The summed E-state index contributed by atoms with van der Waals surface area (Å²) in [6, 6.07) is 0.518. The van der Waals surface area contributed by atoms with E-state index < -0.39 is 0 Å². The van der Waals surface area contributed by atoms with Gasteiger partial charge in [0, 0.05) is 69.9 Å². The highest BCUT2D eigenvalue weighted by Gasteiger charge is 2.20. The number of thiazole rings is 1. The van der Waals surface area contributed by atoms with E-state index >= 15 is 0 Å². The second-order valence-electron chi connectivity index (χ2n) is 6.31. The van der Waals surface area contributed by atoms with Crippen molar-refractivity contribution in [3.63, 3.8) is 0 Å². The molecule has 6 nitrogen and oxygen atoms in total. The molecule has 1 aliphatic heterocycles. The zero-order valence-corrected chi connectivity index (χ0v) is 19.1. The number of hydrogen-bond acceptors (Lipinski definition) is 5. The van der Waals surface area contributed by atoms with E-state index in [9.17, 15) is 0 Å². The van der Waals surface area contributed by atoms with Gasteiger partial charge in [-0.25, -0.2) is 4.98 Å². The third-order valence-electron chi connectivity index (χ3n) is 4.57. The Morgan fingerprint density at radius 2 is 2.04 bits per heavy atom. The van der Waals surface area contributed by atoms with E-state index in [0.29, 0.717) is 6.04 Å². The average Bonchev–Trinajstić information content (AvgIpc) is 3.03. The summed E-state index contributed by atoms with van der Waals surface area (Å²) in [4.78, 5) is 15.1. The van der Waals surface area contributed by atoms with Crippen LogP contribution in [0.3, 0.4) is 0 Å². The topological polar surface area (TPSA) is 55.8 Å². The summed E-state index contributed by atoms with van der Waals surface area (Å²) >= 11 is 1.76. The number of nitrogens with zero attached hydrogens (tertiary/aromatic N) is 4. The molecule has 1 aromatic heterocycles. The van der Waals surface area contributed by atoms with Crippen molar-refractivity contribution >= 4 is 41.3 Å². The highest BCUT2D eigenvalue weighted by molar-refractivity contribution is 14.0. The second-order valence-corrected chi connectivity index (χ2v) is 7.63. The van der Waals surface area contributed by atoms with E-state index in [1.54, 1.807) is 11.3 Å². The fourth-order valence-corrected chi connectivity index (χ4v) is 3.71. The van der Waals surface area contributed by atoms with Crippen molar-refractivity contribution in [3.8, 4) is 0 Å². The van der Waals surface area contributed by atoms with Crippen LogP contribution in [0.25, 0.3) is 0 Å². The van der Waals surface area contributed by atoms with Gasteiger partial charge >= 0.3 is 0 Å². The summed E-state index contributed by atoms with van der Waals surface area (Å²) in [7, 11) is 1.83.